The van der Waals surface area contributed by atoms with Crippen LogP contribution in [0.1, 0.15) is 40.5 Å². The van der Waals surface area contributed by atoms with Crippen molar-refractivity contribution in [2.24, 2.45) is 11.3 Å². The zero-order valence-corrected chi connectivity index (χ0v) is 12.7. The van der Waals surface area contributed by atoms with E-state index in [1.165, 1.54) is 12.1 Å². The summed E-state index contributed by atoms with van der Waals surface area (Å²) < 4.78 is 0. The molecule has 3 nitrogen and oxygen atoms in total. The van der Waals surface area contributed by atoms with Gasteiger partial charge in [0.2, 0.25) is 5.91 Å². The van der Waals surface area contributed by atoms with Crippen molar-refractivity contribution >= 4 is 23.2 Å². The van der Waals surface area contributed by atoms with E-state index in [1.807, 2.05) is 0 Å². The van der Waals surface area contributed by atoms with Crippen LogP contribution in [0.2, 0.25) is 5.02 Å². The van der Waals surface area contributed by atoms with E-state index in [0.29, 0.717) is 23.0 Å². The number of aromatic hydroxyl groups is 1. The van der Waals surface area contributed by atoms with Crippen LogP contribution in [0.3, 0.4) is 0 Å². The molecular formula is C15H22ClNO2. The Morgan fingerprint density at radius 1 is 1.42 bits per heavy atom. The number of carbonyl (C=O) groups excluding carboxylic acids is 1. The number of phenolic OH excluding ortho intramolecular Hbond substituents is 1. The summed E-state index contributed by atoms with van der Waals surface area (Å²) in [5.74, 6) is 0.351. The summed E-state index contributed by atoms with van der Waals surface area (Å²) >= 11 is 5.94. The first-order chi connectivity index (χ1) is 8.67. The maximum absolute atomic E-state index is 11.9. The van der Waals surface area contributed by atoms with Gasteiger partial charge < -0.3 is 10.4 Å². The van der Waals surface area contributed by atoms with Crippen molar-refractivity contribution < 1.29 is 9.90 Å². The van der Waals surface area contributed by atoms with Crippen LogP contribution in [-0.4, -0.2) is 11.0 Å². The normalized spacial score (nSPS) is 13.1. The number of benzene rings is 1. The van der Waals surface area contributed by atoms with E-state index in [2.05, 4.69) is 33.0 Å². The van der Waals surface area contributed by atoms with E-state index in [0.717, 1.165) is 6.42 Å². The summed E-state index contributed by atoms with van der Waals surface area (Å²) in [5, 5.41) is 12.4. The van der Waals surface area contributed by atoms with E-state index in [4.69, 9.17) is 11.6 Å². The molecule has 0 heterocycles. The molecule has 0 aromatic heterocycles. The third-order valence-electron chi connectivity index (χ3n) is 2.72. The summed E-state index contributed by atoms with van der Waals surface area (Å²) in [6.07, 6.45) is 1.46. The molecular weight excluding hydrogens is 262 g/mol. The van der Waals surface area contributed by atoms with Gasteiger partial charge in [-0.1, -0.05) is 39.3 Å². The average Bonchev–Trinajstić information content (AvgIpc) is 2.19. The minimum atomic E-state index is -0.0515. The molecule has 0 fully saturated rings. The number of phenols is 1. The van der Waals surface area contributed by atoms with Gasteiger partial charge in [-0.2, -0.15) is 0 Å². The molecule has 106 valence electrons. The molecule has 1 rings (SSSR count). The quantitative estimate of drug-likeness (QED) is 0.802. The van der Waals surface area contributed by atoms with Crippen LogP contribution >= 0.6 is 11.6 Å². The fourth-order valence-corrected chi connectivity index (χ4v) is 2.46. The molecule has 1 unspecified atom stereocenters. The zero-order chi connectivity index (χ0) is 14.6. The average molecular weight is 284 g/mol. The predicted molar refractivity (Wildman–Crippen MR) is 79.6 cm³/mol. The van der Waals surface area contributed by atoms with E-state index in [9.17, 15) is 9.90 Å². The number of hydrogen-bond acceptors (Lipinski definition) is 2. The summed E-state index contributed by atoms with van der Waals surface area (Å²) in [4.78, 5) is 11.9. The highest BCUT2D eigenvalue weighted by Gasteiger charge is 2.18. The molecule has 0 aliphatic carbocycles. The Labute approximate surface area is 120 Å². The molecule has 0 spiro atoms. The number of nitrogens with one attached hydrogen (secondary N) is 1. The highest BCUT2D eigenvalue weighted by atomic mass is 35.5. The van der Waals surface area contributed by atoms with Gasteiger partial charge in [0.1, 0.15) is 5.75 Å². The lowest BCUT2D eigenvalue weighted by molar-refractivity contribution is -0.117. The number of carbonyl (C=O) groups is 1. The van der Waals surface area contributed by atoms with Crippen LogP contribution in [-0.2, 0) is 4.79 Å². The smallest absolute Gasteiger partial charge is 0.224 e. The molecule has 1 aromatic rings. The van der Waals surface area contributed by atoms with Crippen LogP contribution in [0, 0.1) is 11.3 Å². The van der Waals surface area contributed by atoms with Crippen molar-refractivity contribution in [3.63, 3.8) is 0 Å². The second kappa shape index (κ2) is 6.29. The topological polar surface area (TPSA) is 49.3 Å². The third-order valence-corrected chi connectivity index (χ3v) is 3.03. The molecule has 0 bridgehead atoms. The Bertz CT molecular complexity index is 452. The monoisotopic (exact) mass is 283 g/mol. The molecule has 0 saturated carbocycles. The lowest BCUT2D eigenvalue weighted by Gasteiger charge is -2.22. The van der Waals surface area contributed by atoms with Gasteiger partial charge in [-0.05, 0) is 29.9 Å². The number of halogens is 1. The molecule has 4 heteroatoms. The number of hydrogen-bond donors (Lipinski definition) is 2. The van der Waals surface area contributed by atoms with Crippen molar-refractivity contribution in [3.05, 3.63) is 23.2 Å². The Kier molecular flexibility index (Phi) is 5.24. The Morgan fingerprint density at radius 2 is 2.05 bits per heavy atom. The summed E-state index contributed by atoms with van der Waals surface area (Å²) in [5.41, 5.74) is 0.753. The molecule has 0 saturated heterocycles. The maximum atomic E-state index is 11.9. The van der Waals surface area contributed by atoms with Gasteiger partial charge in [0.25, 0.3) is 0 Å². The Morgan fingerprint density at radius 3 is 2.58 bits per heavy atom. The van der Waals surface area contributed by atoms with Crippen molar-refractivity contribution in [3.8, 4) is 5.75 Å². The number of amides is 1. The van der Waals surface area contributed by atoms with E-state index in [1.54, 1.807) is 6.07 Å². The highest BCUT2D eigenvalue weighted by Crippen LogP contribution is 2.28. The maximum Gasteiger partial charge on any atom is 0.224 e. The van der Waals surface area contributed by atoms with Gasteiger partial charge in [-0.25, -0.2) is 0 Å². The van der Waals surface area contributed by atoms with E-state index in [-0.39, 0.29) is 17.1 Å². The SMILES string of the molecule is CC(CC(=O)Nc1ccc(O)cc1Cl)CC(C)(C)C. The van der Waals surface area contributed by atoms with Gasteiger partial charge in [0, 0.05) is 12.5 Å². The van der Waals surface area contributed by atoms with Crippen LogP contribution < -0.4 is 5.32 Å². The predicted octanol–water partition coefficient (Wildman–Crippen LogP) is 4.45. The minimum absolute atomic E-state index is 0.0515. The largest absolute Gasteiger partial charge is 0.508 e. The number of rotatable bonds is 4. The number of anilines is 1. The molecule has 1 atom stereocenters. The molecule has 2 N–H and O–H groups in total. The van der Waals surface area contributed by atoms with Crippen molar-refractivity contribution in [1.82, 2.24) is 0 Å². The second-order valence-corrected chi connectivity index (χ2v) is 6.69. The Balaban J connectivity index is 2.56. The molecule has 1 aromatic carbocycles. The first-order valence-corrected chi connectivity index (χ1v) is 6.83. The molecule has 19 heavy (non-hydrogen) atoms. The molecule has 0 aliphatic heterocycles. The van der Waals surface area contributed by atoms with Gasteiger partial charge in [0.05, 0.1) is 10.7 Å². The summed E-state index contributed by atoms with van der Waals surface area (Å²) in [7, 11) is 0. The van der Waals surface area contributed by atoms with Gasteiger partial charge in [0.15, 0.2) is 0 Å². The first-order valence-electron chi connectivity index (χ1n) is 6.46. The van der Waals surface area contributed by atoms with E-state index >= 15 is 0 Å². The fourth-order valence-electron chi connectivity index (χ4n) is 2.24. The van der Waals surface area contributed by atoms with Crippen molar-refractivity contribution in [2.75, 3.05) is 5.32 Å². The second-order valence-electron chi connectivity index (χ2n) is 6.29. The highest BCUT2D eigenvalue weighted by molar-refractivity contribution is 6.33. The molecule has 0 radical (unpaired) electrons. The van der Waals surface area contributed by atoms with Crippen molar-refractivity contribution in [1.29, 1.82) is 0 Å². The summed E-state index contributed by atoms with van der Waals surface area (Å²) in [6, 6.07) is 4.51. The zero-order valence-electron chi connectivity index (χ0n) is 12.0. The third kappa shape index (κ3) is 5.97. The van der Waals surface area contributed by atoms with Crippen LogP contribution in [0.5, 0.6) is 5.75 Å². The van der Waals surface area contributed by atoms with Crippen LogP contribution in [0.4, 0.5) is 5.69 Å². The van der Waals surface area contributed by atoms with Crippen LogP contribution in [0.15, 0.2) is 18.2 Å². The van der Waals surface area contributed by atoms with Crippen molar-refractivity contribution in [2.45, 2.75) is 40.5 Å². The lowest BCUT2D eigenvalue weighted by atomic mass is 9.84. The van der Waals surface area contributed by atoms with Crippen LogP contribution in [0.25, 0.3) is 0 Å². The minimum Gasteiger partial charge on any atom is -0.508 e. The molecule has 1 amide bonds. The summed E-state index contributed by atoms with van der Waals surface area (Å²) in [6.45, 7) is 8.57. The van der Waals surface area contributed by atoms with Gasteiger partial charge >= 0.3 is 0 Å². The standard InChI is InChI=1S/C15H22ClNO2/c1-10(9-15(2,3)4)7-14(19)17-13-6-5-11(18)8-12(13)16/h5-6,8,10,18H,7,9H2,1-4H3,(H,17,19). The van der Waals surface area contributed by atoms with Gasteiger partial charge in [-0.15, -0.1) is 0 Å². The lowest BCUT2D eigenvalue weighted by Crippen LogP contribution is -2.19. The van der Waals surface area contributed by atoms with Gasteiger partial charge in [-0.3, -0.25) is 4.79 Å². The Hall–Kier alpha value is -1.22. The first kappa shape index (κ1) is 15.8. The fraction of sp³-hybridized carbons (Fsp3) is 0.533. The van der Waals surface area contributed by atoms with E-state index < -0.39 is 0 Å². The molecule has 0 aliphatic rings.